The fraction of sp³-hybridized carbons (Fsp3) is 0.500. The summed E-state index contributed by atoms with van der Waals surface area (Å²) in [5.74, 6) is 0. The summed E-state index contributed by atoms with van der Waals surface area (Å²) in [7, 11) is -2.44. The van der Waals surface area contributed by atoms with Crippen molar-refractivity contribution in [2.75, 3.05) is 0 Å². The molecule has 0 saturated heterocycles. The van der Waals surface area contributed by atoms with Gasteiger partial charge in [-0.05, 0) is 36.0 Å². The molecular weight excluding hydrogens is 208 g/mol. The van der Waals surface area contributed by atoms with Gasteiger partial charge in [-0.15, -0.1) is 0 Å². The summed E-state index contributed by atoms with van der Waals surface area (Å²) in [5.41, 5.74) is 1.52. The van der Waals surface area contributed by atoms with Crippen LogP contribution in [0.4, 0.5) is 0 Å². The second kappa shape index (κ2) is 4.79. The van der Waals surface area contributed by atoms with E-state index in [2.05, 4.69) is 20.8 Å². The second-order valence-corrected chi connectivity index (χ2v) is 6.01. The Kier molecular flexibility index (Phi) is 3.91. The van der Waals surface area contributed by atoms with Crippen LogP contribution in [0.15, 0.2) is 29.2 Å². The van der Waals surface area contributed by atoms with Gasteiger partial charge >= 0.3 is 0 Å². The average molecular weight is 226 g/mol. The Labute approximate surface area is 93.3 Å². The zero-order chi connectivity index (χ0) is 11.5. The summed E-state index contributed by atoms with van der Waals surface area (Å²) < 4.78 is 21.3. The molecule has 1 rings (SSSR count). The molecule has 0 fully saturated rings. The number of hydrogen-bond acceptors (Lipinski definition) is 2. The van der Waals surface area contributed by atoms with Gasteiger partial charge in [0.05, 0.1) is 4.90 Å². The lowest BCUT2D eigenvalue weighted by atomic mass is 9.89. The first-order valence-corrected chi connectivity index (χ1v) is 6.29. The largest absolute Gasteiger partial charge is 0.227 e. The molecule has 0 bridgehead atoms. The molecule has 15 heavy (non-hydrogen) atoms. The average Bonchev–Trinajstić information content (AvgIpc) is 2.14. The maximum absolute atomic E-state index is 10.7. The van der Waals surface area contributed by atoms with Gasteiger partial charge < -0.3 is 0 Å². The Hall–Kier alpha value is -0.830. The number of thiol groups is 1. The first kappa shape index (κ1) is 12.2. The van der Waals surface area contributed by atoms with Gasteiger partial charge in [-0.3, -0.25) is 0 Å². The minimum absolute atomic E-state index is 0.322. The summed E-state index contributed by atoms with van der Waals surface area (Å²) in [6.45, 7) is 6.61. The third-order valence-corrected chi connectivity index (χ3v) is 3.03. The van der Waals surface area contributed by atoms with Gasteiger partial charge in [0.15, 0.2) is 10.7 Å². The molecule has 0 aliphatic rings. The highest BCUT2D eigenvalue weighted by Gasteiger charge is 2.09. The van der Waals surface area contributed by atoms with Crippen LogP contribution in [0.2, 0.25) is 0 Å². The number of rotatable bonds is 3. The van der Waals surface area contributed by atoms with Crippen LogP contribution in [0.3, 0.4) is 0 Å². The Morgan fingerprint density at radius 2 is 1.60 bits per heavy atom. The van der Waals surface area contributed by atoms with E-state index < -0.39 is 10.7 Å². The summed E-state index contributed by atoms with van der Waals surface area (Å²) in [6, 6.07) is 7.13. The summed E-state index contributed by atoms with van der Waals surface area (Å²) in [4.78, 5) is 0.393. The van der Waals surface area contributed by atoms with E-state index in [1.54, 1.807) is 12.1 Å². The van der Waals surface area contributed by atoms with E-state index in [1.165, 1.54) is 5.56 Å². The zero-order valence-corrected chi connectivity index (χ0v) is 10.4. The third-order valence-electron chi connectivity index (χ3n) is 2.31. The number of hydrogen-bond donors (Lipinski definition) is 1. The molecule has 0 radical (unpaired) electrons. The molecule has 0 heterocycles. The fourth-order valence-electron chi connectivity index (χ4n) is 1.30. The quantitative estimate of drug-likeness (QED) is 0.804. The van der Waals surface area contributed by atoms with Crippen molar-refractivity contribution in [3.05, 3.63) is 29.8 Å². The SMILES string of the molecule is CC(C)(C)CCc1ccc([SH](=O)=O)cc1. The van der Waals surface area contributed by atoms with Gasteiger partial charge in [-0.1, -0.05) is 32.9 Å². The standard InChI is InChI=1S/C12H18O2S/c1-12(2,3)9-8-10-4-6-11(7-5-10)15(13)14/h4-7,15H,8-9H2,1-3H3. The van der Waals surface area contributed by atoms with Gasteiger partial charge in [0, 0.05) is 0 Å². The van der Waals surface area contributed by atoms with Crippen LogP contribution >= 0.6 is 0 Å². The molecule has 0 atom stereocenters. The van der Waals surface area contributed by atoms with Crippen LogP contribution in [0, 0.1) is 5.41 Å². The summed E-state index contributed by atoms with van der Waals surface area (Å²) >= 11 is 0. The predicted molar refractivity (Wildman–Crippen MR) is 62.8 cm³/mol. The molecule has 0 unspecified atom stereocenters. The van der Waals surface area contributed by atoms with E-state index in [4.69, 9.17) is 0 Å². The molecule has 0 saturated carbocycles. The number of aryl methyl sites for hydroxylation is 1. The highest BCUT2D eigenvalue weighted by atomic mass is 32.2. The van der Waals surface area contributed by atoms with E-state index in [-0.39, 0.29) is 0 Å². The summed E-state index contributed by atoms with van der Waals surface area (Å²) in [6.07, 6.45) is 2.11. The van der Waals surface area contributed by atoms with Crippen molar-refractivity contribution < 1.29 is 8.42 Å². The molecule has 0 N–H and O–H groups in total. The highest BCUT2D eigenvalue weighted by Crippen LogP contribution is 2.21. The Bertz CT molecular complexity index is 375. The van der Waals surface area contributed by atoms with Crippen molar-refractivity contribution in [3.63, 3.8) is 0 Å². The predicted octanol–water partition coefficient (Wildman–Crippen LogP) is 2.64. The van der Waals surface area contributed by atoms with E-state index >= 15 is 0 Å². The fourth-order valence-corrected chi connectivity index (χ4v) is 1.70. The zero-order valence-electron chi connectivity index (χ0n) is 9.49. The maximum Gasteiger partial charge on any atom is 0.168 e. The van der Waals surface area contributed by atoms with Gasteiger partial charge in [0.1, 0.15) is 0 Å². The molecule has 0 aliphatic heterocycles. The van der Waals surface area contributed by atoms with Crippen LogP contribution in [0.5, 0.6) is 0 Å². The van der Waals surface area contributed by atoms with Gasteiger partial charge in [0.2, 0.25) is 0 Å². The van der Waals surface area contributed by atoms with Crippen molar-refractivity contribution in [1.29, 1.82) is 0 Å². The van der Waals surface area contributed by atoms with Crippen molar-refractivity contribution in [1.82, 2.24) is 0 Å². The van der Waals surface area contributed by atoms with Crippen molar-refractivity contribution in [3.8, 4) is 0 Å². The second-order valence-electron chi connectivity index (χ2n) is 4.98. The highest BCUT2D eigenvalue weighted by molar-refractivity contribution is 7.72. The van der Waals surface area contributed by atoms with Crippen LogP contribution in [0.1, 0.15) is 32.8 Å². The maximum atomic E-state index is 10.7. The van der Waals surface area contributed by atoms with E-state index in [1.807, 2.05) is 12.1 Å². The minimum atomic E-state index is -2.44. The molecule has 2 nitrogen and oxygen atoms in total. The molecule has 0 aliphatic carbocycles. The third kappa shape index (κ3) is 4.47. The normalized spacial score (nSPS) is 12.0. The lowest BCUT2D eigenvalue weighted by Crippen LogP contribution is -2.06. The molecule has 1 aromatic rings. The summed E-state index contributed by atoms with van der Waals surface area (Å²) in [5, 5.41) is 0. The first-order chi connectivity index (χ1) is 6.88. The van der Waals surface area contributed by atoms with E-state index in [0.29, 0.717) is 10.3 Å². The van der Waals surface area contributed by atoms with Crippen LogP contribution in [-0.4, -0.2) is 8.42 Å². The van der Waals surface area contributed by atoms with Crippen molar-refractivity contribution in [2.45, 2.75) is 38.5 Å². The molecule has 3 heteroatoms. The Balaban J connectivity index is 2.65. The van der Waals surface area contributed by atoms with Crippen molar-refractivity contribution >= 4 is 10.7 Å². The monoisotopic (exact) mass is 226 g/mol. The lowest BCUT2D eigenvalue weighted by molar-refractivity contribution is 0.378. The smallest absolute Gasteiger partial charge is 0.168 e. The molecule has 1 aromatic carbocycles. The number of benzene rings is 1. The minimum Gasteiger partial charge on any atom is -0.227 e. The van der Waals surface area contributed by atoms with Crippen LogP contribution in [0.25, 0.3) is 0 Å². The Morgan fingerprint density at radius 1 is 1.07 bits per heavy atom. The molecule has 0 aromatic heterocycles. The Morgan fingerprint density at radius 3 is 2.00 bits per heavy atom. The molecule has 84 valence electrons. The topological polar surface area (TPSA) is 34.1 Å². The molecular formula is C12H18O2S. The molecule has 0 spiro atoms. The first-order valence-electron chi connectivity index (χ1n) is 5.12. The van der Waals surface area contributed by atoms with Crippen molar-refractivity contribution in [2.24, 2.45) is 5.41 Å². The van der Waals surface area contributed by atoms with Crippen LogP contribution < -0.4 is 0 Å². The van der Waals surface area contributed by atoms with Gasteiger partial charge in [0.25, 0.3) is 0 Å². The lowest BCUT2D eigenvalue weighted by Gasteiger charge is -2.17. The molecule has 0 amide bonds. The van der Waals surface area contributed by atoms with E-state index in [9.17, 15) is 8.42 Å². The van der Waals surface area contributed by atoms with E-state index in [0.717, 1.165) is 12.8 Å². The van der Waals surface area contributed by atoms with Crippen LogP contribution in [-0.2, 0) is 17.1 Å². The van der Waals surface area contributed by atoms with Gasteiger partial charge in [-0.25, -0.2) is 8.42 Å². The van der Waals surface area contributed by atoms with Gasteiger partial charge in [-0.2, -0.15) is 0 Å².